The van der Waals surface area contributed by atoms with Gasteiger partial charge in [0.15, 0.2) is 11.0 Å². The summed E-state index contributed by atoms with van der Waals surface area (Å²) in [6.07, 6.45) is 0. The van der Waals surface area contributed by atoms with E-state index in [4.69, 9.17) is 22.4 Å². The minimum absolute atomic E-state index is 0.133. The standard InChI is InChI=1S/C6H11ClN4/c7-5(8)6(9)11-3-1-10-2-4-11/h8-10H,1-4H2. The first-order valence-electron chi connectivity index (χ1n) is 3.50. The Balaban J connectivity index is 2.45. The lowest BCUT2D eigenvalue weighted by atomic mass is 10.3. The molecule has 1 aliphatic rings. The Morgan fingerprint density at radius 1 is 1.27 bits per heavy atom. The van der Waals surface area contributed by atoms with E-state index < -0.39 is 0 Å². The van der Waals surface area contributed by atoms with E-state index in [1.54, 1.807) is 4.90 Å². The molecule has 0 saturated carbocycles. The number of nitrogens with one attached hydrogen (secondary N) is 3. The summed E-state index contributed by atoms with van der Waals surface area (Å²) >= 11 is 5.36. The lowest BCUT2D eigenvalue weighted by molar-refractivity contribution is 0.359. The van der Waals surface area contributed by atoms with Gasteiger partial charge in [-0.15, -0.1) is 0 Å². The molecule has 1 fully saturated rings. The maximum absolute atomic E-state index is 7.38. The van der Waals surface area contributed by atoms with E-state index in [1.165, 1.54) is 0 Å². The fourth-order valence-corrected chi connectivity index (χ4v) is 1.15. The number of rotatable bonds is 1. The molecule has 62 valence electrons. The zero-order valence-electron chi connectivity index (χ0n) is 6.15. The first-order chi connectivity index (χ1) is 5.22. The Hall–Kier alpha value is -0.610. The van der Waals surface area contributed by atoms with Gasteiger partial charge in [-0.3, -0.25) is 10.8 Å². The fourth-order valence-electron chi connectivity index (χ4n) is 1.03. The van der Waals surface area contributed by atoms with Crippen LogP contribution in [0.1, 0.15) is 0 Å². The zero-order chi connectivity index (χ0) is 8.27. The molecule has 3 N–H and O–H groups in total. The van der Waals surface area contributed by atoms with Crippen molar-refractivity contribution in [2.24, 2.45) is 0 Å². The SMILES string of the molecule is N=C(Cl)C(=N)N1CCNCC1. The van der Waals surface area contributed by atoms with Crippen molar-refractivity contribution < 1.29 is 0 Å². The molecule has 0 spiro atoms. The molecule has 0 bridgehead atoms. The van der Waals surface area contributed by atoms with Crippen molar-refractivity contribution >= 4 is 22.6 Å². The highest BCUT2D eigenvalue weighted by Gasteiger charge is 2.14. The van der Waals surface area contributed by atoms with E-state index in [9.17, 15) is 0 Å². The van der Waals surface area contributed by atoms with Crippen molar-refractivity contribution in [1.82, 2.24) is 10.2 Å². The smallest absolute Gasteiger partial charge is 0.163 e. The van der Waals surface area contributed by atoms with Crippen LogP contribution in [0, 0.1) is 10.8 Å². The summed E-state index contributed by atoms with van der Waals surface area (Å²) in [4.78, 5) is 1.80. The number of hydrogen-bond acceptors (Lipinski definition) is 3. The van der Waals surface area contributed by atoms with Crippen LogP contribution in [0.3, 0.4) is 0 Å². The van der Waals surface area contributed by atoms with E-state index in [2.05, 4.69) is 5.32 Å². The largest absolute Gasteiger partial charge is 0.352 e. The van der Waals surface area contributed by atoms with E-state index in [1.807, 2.05) is 0 Å². The molecule has 0 atom stereocenters. The van der Waals surface area contributed by atoms with Crippen LogP contribution in [0.25, 0.3) is 0 Å². The second-order valence-electron chi connectivity index (χ2n) is 2.40. The molecule has 5 heteroatoms. The van der Waals surface area contributed by atoms with Crippen LogP contribution in [0.2, 0.25) is 0 Å². The lowest BCUT2D eigenvalue weighted by Gasteiger charge is -2.28. The van der Waals surface area contributed by atoms with Gasteiger partial charge in [0, 0.05) is 26.2 Å². The third-order valence-electron chi connectivity index (χ3n) is 1.64. The van der Waals surface area contributed by atoms with E-state index in [0.717, 1.165) is 26.2 Å². The minimum Gasteiger partial charge on any atom is -0.352 e. The Morgan fingerprint density at radius 3 is 2.27 bits per heavy atom. The summed E-state index contributed by atoms with van der Waals surface area (Å²) in [6.45, 7) is 3.28. The summed E-state index contributed by atoms with van der Waals surface area (Å²) in [5.74, 6) is 0.133. The Labute approximate surface area is 70.5 Å². The zero-order valence-corrected chi connectivity index (χ0v) is 6.91. The van der Waals surface area contributed by atoms with Crippen LogP contribution in [0.15, 0.2) is 0 Å². The molecular weight excluding hydrogens is 164 g/mol. The van der Waals surface area contributed by atoms with Gasteiger partial charge in [-0.2, -0.15) is 0 Å². The maximum atomic E-state index is 7.38. The average Bonchev–Trinajstić information content (AvgIpc) is 2.05. The molecule has 0 aromatic carbocycles. The summed E-state index contributed by atoms with van der Waals surface area (Å²) in [7, 11) is 0. The third-order valence-corrected chi connectivity index (χ3v) is 1.82. The molecule has 0 radical (unpaired) electrons. The van der Waals surface area contributed by atoms with Crippen LogP contribution in [-0.4, -0.2) is 42.1 Å². The molecule has 1 rings (SSSR count). The summed E-state index contributed by atoms with van der Waals surface area (Å²) in [5.41, 5.74) is 0. The summed E-state index contributed by atoms with van der Waals surface area (Å²) < 4.78 is 0. The maximum Gasteiger partial charge on any atom is 0.163 e. The van der Waals surface area contributed by atoms with Gasteiger partial charge >= 0.3 is 0 Å². The Morgan fingerprint density at radius 2 is 1.82 bits per heavy atom. The number of amidine groups is 1. The minimum atomic E-state index is -0.174. The topological polar surface area (TPSA) is 63.0 Å². The highest BCUT2D eigenvalue weighted by molar-refractivity contribution is 6.82. The van der Waals surface area contributed by atoms with Crippen molar-refractivity contribution in [3.63, 3.8) is 0 Å². The Kier molecular flexibility index (Phi) is 2.84. The predicted molar refractivity (Wildman–Crippen MR) is 45.7 cm³/mol. The predicted octanol–water partition coefficient (Wildman–Crippen LogP) is 0.0849. The molecule has 0 aromatic heterocycles. The quantitative estimate of drug-likeness (QED) is 0.390. The monoisotopic (exact) mass is 174 g/mol. The number of halogens is 1. The van der Waals surface area contributed by atoms with Gasteiger partial charge in [0.1, 0.15) is 0 Å². The number of piperazine rings is 1. The highest BCUT2D eigenvalue weighted by atomic mass is 35.5. The molecule has 0 aromatic rings. The summed E-state index contributed by atoms with van der Waals surface area (Å²) in [5, 5.41) is 17.4. The van der Waals surface area contributed by atoms with Crippen LogP contribution in [0.4, 0.5) is 0 Å². The van der Waals surface area contributed by atoms with E-state index in [-0.39, 0.29) is 11.0 Å². The van der Waals surface area contributed by atoms with Gasteiger partial charge < -0.3 is 10.2 Å². The normalized spacial score (nSPS) is 18.1. The van der Waals surface area contributed by atoms with Crippen LogP contribution in [-0.2, 0) is 0 Å². The van der Waals surface area contributed by atoms with Gasteiger partial charge in [-0.05, 0) is 0 Å². The van der Waals surface area contributed by atoms with Gasteiger partial charge in [-0.25, -0.2) is 0 Å². The first kappa shape index (κ1) is 8.49. The van der Waals surface area contributed by atoms with Crippen LogP contribution >= 0.6 is 11.6 Å². The Bertz CT molecular complexity index is 173. The van der Waals surface area contributed by atoms with Gasteiger partial charge in [0.25, 0.3) is 0 Å². The molecule has 11 heavy (non-hydrogen) atoms. The fraction of sp³-hybridized carbons (Fsp3) is 0.667. The van der Waals surface area contributed by atoms with Crippen molar-refractivity contribution in [3.05, 3.63) is 0 Å². The van der Waals surface area contributed by atoms with Crippen molar-refractivity contribution in [1.29, 1.82) is 10.8 Å². The van der Waals surface area contributed by atoms with Gasteiger partial charge in [-0.1, -0.05) is 11.6 Å². The van der Waals surface area contributed by atoms with Gasteiger partial charge in [0.2, 0.25) is 0 Å². The second-order valence-corrected chi connectivity index (χ2v) is 2.78. The van der Waals surface area contributed by atoms with Crippen molar-refractivity contribution in [3.8, 4) is 0 Å². The first-order valence-corrected chi connectivity index (χ1v) is 3.88. The molecule has 0 aliphatic carbocycles. The second kappa shape index (κ2) is 3.69. The van der Waals surface area contributed by atoms with E-state index >= 15 is 0 Å². The summed E-state index contributed by atoms with van der Waals surface area (Å²) in [6, 6.07) is 0. The third kappa shape index (κ3) is 2.17. The van der Waals surface area contributed by atoms with E-state index in [0.29, 0.717) is 0 Å². The molecule has 0 amide bonds. The van der Waals surface area contributed by atoms with Crippen molar-refractivity contribution in [2.75, 3.05) is 26.2 Å². The van der Waals surface area contributed by atoms with Crippen LogP contribution < -0.4 is 5.32 Å². The van der Waals surface area contributed by atoms with Crippen LogP contribution in [0.5, 0.6) is 0 Å². The molecule has 1 saturated heterocycles. The molecular formula is C6H11ClN4. The molecule has 1 aliphatic heterocycles. The lowest BCUT2D eigenvalue weighted by Crippen LogP contribution is -2.47. The average molecular weight is 175 g/mol. The number of nitrogens with zero attached hydrogens (tertiary/aromatic N) is 1. The highest BCUT2D eigenvalue weighted by Crippen LogP contribution is 1.96. The molecule has 0 unspecified atom stereocenters. The van der Waals surface area contributed by atoms with Gasteiger partial charge in [0.05, 0.1) is 0 Å². The molecule has 4 nitrogen and oxygen atoms in total. The molecule has 1 heterocycles. The van der Waals surface area contributed by atoms with Crippen molar-refractivity contribution in [2.45, 2.75) is 0 Å². The number of hydrogen-bond donors (Lipinski definition) is 3.